The van der Waals surface area contributed by atoms with Crippen molar-refractivity contribution in [3.63, 3.8) is 0 Å². The van der Waals surface area contributed by atoms with E-state index < -0.39 is 0 Å². The van der Waals surface area contributed by atoms with E-state index in [0.717, 1.165) is 17.7 Å². The second-order valence-electron chi connectivity index (χ2n) is 6.94. The molecule has 2 aromatic rings. The zero-order valence-corrected chi connectivity index (χ0v) is 17.2. The maximum absolute atomic E-state index is 9.24. The molecule has 0 radical (unpaired) electrons. The molecule has 0 amide bonds. The summed E-state index contributed by atoms with van der Waals surface area (Å²) in [6, 6.07) is 14.2. The molecule has 148 valence electrons. The Labute approximate surface area is 176 Å². The van der Waals surface area contributed by atoms with Gasteiger partial charge in [-0.1, -0.05) is 65.7 Å². The second kappa shape index (κ2) is 10.1. The van der Waals surface area contributed by atoms with Crippen LogP contribution < -0.4 is 4.90 Å². The van der Waals surface area contributed by atoms with Crippen molar-refractivity contribution < 1.29 is 10.2 Å². The number of hydrogen-bond donors (Lipinski definition) is 2. The Balaban J connectivity index is 1.77. The summed E-state index contributed by atoms with van der Waals surface area (Å²) in [4.78, 5) is 1.98. The molecule has 0 saturated heterocycles. The topological polar surface area (TPSA) is 43.7 Å². The van der Waals surface area contributed by atoms with E-state index in [1.165, 1.54) is 5.56 Å². The van der Waals surface area contributed by atoms with Crippen molar-refractivity contribution in [1.29, 1.82) is 0 Å². The van der Waals surface area contributed by atoms with Gasteiger partial charge in [0.25, 0.3) is 0 Å². The summed E-state index contributed by atoms with van der Waals surface area (Å²) in [6.07, 6.45) is 9.54. The highest BCUT2D eigenvalue weighted by Crippen LogP contribution is 2.34. The highest BCUT2D eigenvalue weighted by Gasteiger charge is 2.21. The Morgan fingerprint density at radius 2 is 1.50 bits per heavy atom. The molecule has 2 aromatic carbocycles. The first-order valence-electron chi connectivity index (χ1n) is 9.48. The molecule has 1 aliphatic rings. The summed E-state index contributed by atoms with van der Waals surface area (Å²) in [6.45, 7) is 1.13. The van der Waals surface area contributed by atoms with Crippen molar-refractivity contribution in [3.8, 4) is 0 Å². The van der Waals surface area contributed by atoms with Gasteiger partial charge in [-0.3, -0.25) is 0 Å². The SMILES string of the molecule is OCCN(CCO)c1ccc(C2C=CC=CC2Cc2ccc(Cl)c(Cl)c2)cc1. The van der Waals surface area contributed by atoms with E-state index in [1.807, 2.05) is 23.1 Å². The predicted molar refractivity (Wildman–Crippen MR) is 118 cm³/mol. The molecular formula is C23H25Cl2NO2. The molecule has 28 heavy (non-hydrogen) atoms. The highest BCUT2D eigenvalue weighted by molar-refractivity contribution is 6.42. The van der Waals surface area contributed by atoms with Crippen LogP contribution in [0, 0.1) is 5.92 Å². The molecule has 0 fully saturated rings. The molecular weight excluding hydrogens is 393 g/mol. The molecule has 0 bridgehead atoms. The van der Waals surface area contributed by atoms with Crippen LogP contribution in [0.3, 0.4) is 0 Å². The summed E-state index contributed by atoms with van der Waals surface area (Å²) < 4.78 is 0. The monoisotopic (exact) mass is 417 g/mol. The lowest BCUT2D eigenvalue weighted by Gasteiger charge is -2.27. The van der Waals surface area contributed by atoms with Gasteiger partial charge in [0.1, 0.15) is 0 Å². The summed E-state index contributed by atoms with van der Waals surface area (Å²) >= 11 is 12.2. The molecule has 5 heteroatoms. The summed E-state index contributed by atoms with van der Waals surface area (Å²) in [5.74, 6) is 0.608. The normalized spacial score (nSPS) is 18.4. The first kappa shape index (κ1) is 20.9. The van der Waals surface area contributed by atoms with E-state index in [1.54, 1.807) is 0 Å². The van der Waals surface area contributed by atoms with E-state index >= 15 is 0 Å². The Bertz CT molecular complexity index is 827. The number of allylic oxidation sites excluding steroid dienone is 4. The largest absolute Gasteiger partial charge is 0.395 e. The van der Waals surface area contributed by atoms with E-state index in [0.29, 0.717) is 29.1 Å². The van der Waals surface area contributed by atoms with E-state index in [-0.39, 0.29) is 19.1 Å². The third-order valence-corrected chi connectivity index (χ3v) is 5.83. The number of nitrogens with zero attached hydrogens (tertiary/aromatic N) is 1. The fourth-order valence-electron chi connectivity index (χ4n) is 3.66. The minimum Gasteiger partial charge on any atom is -0.395 e. The molecule has 0 aromatic heterocycles. The highest BCUT2D eigenvalue weighted by atomic mass is 35.5. The lowest BCUT2D eigenvalue weighted by Crippen LogP contribution is -2.29. The van der Waals surface area contributed by atoms with Gasteiger partial charge in [0.05, 0.1) is 23.3 Å². The van der Waals surface area contributed by atoms with Gasteiger partial charge in [-0.05, 0) is 47.7 Å². The quantitative estimate of drug-likeness (QED) is 0.644. The van der Waals surface area contributed by atoms with Crippen LogP contribution in [0.2, 0.25) is 10.0 Å². The number of anilines is 1. The maximum Gasteiger partial charge on any atom is 0.0606 e. The fourth-order valence-corrected chi connectivity index (χ4v) is 3.98. The van der Waals surface area contributed by atoms with Crippen molar-refractivity contribution in [1.82, 2.24) is 0 Å². The molecule has 0 spiro atoms. The number of hydrogen-bond acceptors (Lipinski definition) is 3. The first-order chi connectivity index (χ1) is 13.6. The van der Waals surface area contributed by atoms with Crippen molar-refractivity contribution in [2.75, 3.05) is 31.2 Å². The maximum atomic E-state index is 9.24. The van der Waals surface area contributed by atoms with Crippen LogP contribution in [-0.2, 0) is 6.42 Å². The molecule has 0 aliphatic heterocycles. The first-order valence-corrected chi connectivity index (χ1v) is 10.2. The smallest absolute Gasteiger partial charge is 0.0606 e. The van der Waals surface area contributed by atoms with Crippen LogP contribution in [0.15, 0.2) is 66.8 Å². The van der Waals surface area contributed by atoms with Crippen molar-refractivity contribution in [2.24, 2.45) is 5.92 Å². The average Bonchev–Trinajstić information content (AvgIpc) is 2.71. The van der Waals surface area contributed by atoms with Crippen molar-refractivity contribution >= 4 is 28.9 Å². The van der Waals surface area contributed by atoms with Gasteiger partial charge in [0, 0.05) is 24.7 Å². The van der Waals surface area contributed by atoms with Gasteiger partial charge >= 0.3 is 0 Å². The number of benzene rings is 2. The Morgan fingerprint density at radius 3 is 2.14 bits per heavy atom. The summed E-state index contributed by atoms with van der Waals surface area (Å²) in [5, 5.41) is 19.6. The molecule has 2 atom stereocenters. The molecule has 0 heterocycles. The molecule has 0 saturated carbocycles. The zero-order chi connectivity index (χ0) is 19.9. The third kappa shape index (κ3) is 5.18. The zero-order valence-electron chi connectivity index (χ0n) is 15.6. The van der Waals surface area contributed by atoms with E-state index in [2.05, 4.69) is 48.6 Å². The standard InChI is InChI=1S/C23H25Cl2NO2/c24-22-10-5-17(16-23(22)25)15-19-3-1-2-4-21(19)18-6-8-20(9-7-18)26(11-13-27)12-14-28/h1-10,16,19,21,27-28H,11-15H2. The lowest BCUT2D eigenvalue weighted by molar-refractivity contribution is 0.281. The molecule has 2 N–H and O–H groups in total. The van der Waals surface area contributed by atoms with Gasteiger partial charge in [-0.25, -0.2) is 0 Å². The minimum atomic E-state index is 0.0592. The number of rotatable bonds is 8. The average molecular weight is 418 g/mol. The van der Waals surface area contributed by atoms with Gasteiger partial charge in [-0.15, -0.1) is 0 Å². The number of halogens is 2. The van der Waals surface area contributed by atoms with E-state index in [9.17, 15) is 10.2 Å². The van der Waals surface area contributed by atoms with Crippen LogP contribution in [0.25, 0.3) is 0 Å². The molecule has 2 unspecified atom stereocenters. The van der Waals surface area contributed by atoms with Crippen molar-refractivity contribution in [2.45, 2.75) is 12.3 Å². The van der Waals surface area contributed by atoms with Crippen molar-refractivity contribution in [3.05, 3.63) is 87.9 Å². The Kier molecular flexibility index (Phi) is 7.57. The molecule has 1 aliphatic carbocycles. The van der Waals surface area contributed by atoms with E-state index in [4.69, 9.17) is 23.2 Å². The van der Waals surface area contributed by atoms with Gasteiger partial charge in [0.15, 0.2) is 0 Å². The van der Waals surface area contributed by atoms with Gasteiger partial charge in [0.2, 0.25) is 0 Å². The van der Waals surface area contributed by atoms with Crippen LogP contribution in [0.5, 0.6) is 0 Å². The molecule has 3 nitrogen and oxygen atoms in total. The van der Waals surface area contributed by atoms with Crippen LogP contribution in [0.4, 0.5) is 5.69 Å². The Morgan fingerprint density at radius 1 is 0.821 bits per heavy atom. The van der Waals surface area contributed by atoms with Crippen LogP contribution >= 0.6 is 23.2 Å². The summed E-state index contributed by atoms with van der Waals surface area (Å²) in [5.41, 5.74) is 3.41. The second-order valence-corrected chi connectivity index (χ2v) is 7.75. The fraction of sp³-hybridized carbons (Fsp3) is 0.304. The summed E-state index contributed by atoms with van der Waals surface area (Å²) in [7, 11) is 0. The number of aliphatic hydroxyl groups is 2. The lowest BCUT2D eigenvalue weighted by atomic mass is 9.79. The third-order valence-electron chi connectivity index (χ3n) is 5.09. The predicted octanol–water partition coefficient (Wildman–Crippen LogP) is 4.85. The molecule has 3 rings (SSSR count). The Hall–Kier alpha value is -1.78. The van der Waals surface area contributed by atoms with Crippen LogP contribution in [-0.4, -0.2) is 36.5 Å². The van der Waals surface area contributed by atoms with Crippen LogP contribution in [0.1, 0.15) is 17.0 Å². The number of aliphatic hydroxyl groups excluding tert-OH is 2. The van der Waals surface area contributed by atoms with Gasteiger partial charge in [-0.2, -0.15) is 0 Å². The van der Waals surface area contributed by atoms with Gasteiger partial charge < -0.3 is 15.1 Å². The minimum absolute atomic E-state index is 0.0592.